The average Bonchev–Trinajstić information content (AvgIpc) is 2.43. The summed E-state index contributed by atoms with van der Waals surface area (Å²) in [6.07, 6.45) is 0. The van der Waals surface area contributed by atoms with E-state index in [0.717, 1.165) is 12.5 Å². The summed E-state index contributed by atoms with van der Waals surface area (Å²) in [7, 11) is 5.91. The van der Waals surface area contributed by atoms with Gasteiger partial charge in [0.2, 0.25) is 0 Å². The normalized spacial score (nSPS) is 12.6. The van der Waals surface area contributed by atoms with Crippen LogP contribution in [0.4, 0.5) is 5.69 Å². The minimum Gasteiger partial charge on any atom is -0.378 e. The summed E-state index contributed by atoms with van der Waals surface area (Å²) in [5, 5.41) is 6.76. The van der Waals surface area contributed by atoms with Crippen LogP contribution in [0.3, 0.4) is 0 Å². The minimum absolute atomic E-state index is 0. The minimum atomic E-state index is 0. The Kier molecular flexibility index (Phi) is 9.41. The molecule has 1 unspecified atom stereocenters. The molecule has 21 heavy (non-hydrogen) atoms. The third-order valence-corrected chi connectivity index (χ3v) is 3.47. The first-order chi connectivity index (χ1) is 9.43. The summed E-state index contributed by atoms with van der Waals surface area (Å²) >= 11 is 0. The second kappa shape index (κ2) is 9.87. The van der Waals surface area contributed by atoms with E-state index in [2.05, 4.69) is 79.7 Å². The Balaban J connectivity index is 0.00000400. The van der Waals surface area contributed by atoms with Crippen LogP contribution in [0, 0.1) is 5.92 Å². The lowest BCUT2D eigenvalue weighted by atomic mass is 10.1. The van der Waals surface area contributed by atoms with E-state index in [1.54, 1.807) is 7.05 Å². The lowest BCUT2D eigenvalue weighted by Gasteiger charge is -2.21. The Morgan fingerprint density at radius 3 is 2.43 bits per heavy atom. The van der Waals surface area contributed by atoms with Crippen molar-refractivity contribution in [2.75, 3.05) is 26.0 Å². The van der Waals surface area contributed by atoms with Gasteiger partial charge >= 0.3 is 0 Å². The van der Waals surface area contributed by atoms with Crippen molar-refractivity contribution in [1.82, 2.24) is 10.6 Å². The first-order valence-electron chi connectivity index (χ1n) is 7.17. The maximum Gasteiger partial charge on any atom is 0.191 e. The molecule has 0 saturated heterocycles. The van der Waals surface area contributed by atoms with Crippen LogP contribution < -0.4 is 15.5 Å². The van der Waals surface area contributed by atoms with E-state index in [0.29, 0.717) is 12.0 Å². The molecule has 0 bridgehead atoms. The Hall–Kier alpha value is -0.980. The van der Waals surface area contributed by atoms with Gasteiger partial charge in [-0.15, -0.1) is 24.0 Å². The van der Waals surface area contributed by atoms with Gasteiger partial charge in [-0.3, -0.25) is 4.99 Å². The highest BCUT2D eigenvalue weighted by Crippen LogP contribution is 2.13. The van der Waals surface area contributed by atoms with Crippen LogP contribution in [-0.4, -0.2) is 33.1 Å². The largest absolute Gasteiger partial charge is 0.378 e. The van der Waals surface area contributed by atoms with Crippen LogP contribution in [0.1, 0.15) is 26.3 Å². The van der Waals surface area contributed by atoms with Crippen molar-refractivity contribution in [1.29, 1.82) is 0 Å². The molecule has 4 nitrogen and oxygen atoms in total. The van der Waals surface area contributed by atoms with Gasteiger partial charge in [0.1, 0.15) is 0 Å². The van der Waals surface area contributed by atoms with Crippen LogP contribution in [-0.2, 0) is 6.54 Å². The highest BCUT2D eigenvalue weighted by Gasteiger charge is 2.08. The van der Waals surface area contributed by atoms with E-state index in [9.17, 15) is 0 Å². The van der Waals surface area contributed by atoms with Crippen molar-refractivity contribution in [3.63, 3.8) is 0 Å². The Labute approximate surface area is 146 Å². The van der Waals surface area contributed by atoms with Crippen molar-refractivity contribution in [3.05, 3.63) is 29.8 Å². The summed E-state index contributed by atoms with van der Waals surface area (Å²) < 4.78 is 0. The van der Waals surface area contributed by atoms with E-state index in [1.807, 2.05) is 0 Å². The molecule has 2 N–H and O–H groups in total. The van der Waals surface area contributed by atoms with Gasteiger partial charge in [-0.25, -0.2) is 0 Å². The van der Waals surface area contributed by atoms with E-state index in [1.165, 1.54) is 11.3 Å². The molecule has 120 valence electrons. The lowest BCUT2D eigenvalue weighted by molar-refractivity contribution is 0.481. The molecule has 1 rings (SSSR count). The smallest absolute Gasteiger partial charge is 0.191 e. The zero-order chi connectivity index (χ0) is 15.1. The number of hydrogen-bond acceptors (Lipinski definition) is 2. The van der Waals surface area contributed by atoms with Gasteiger partial charge in [-0.2, -0.15) is 0 Å². The monoisotopic (exact) mass is 404 g/mol. The first-order valence-corrected chi connectivity index (χ1v) is 7.17. The van der Waals surface area contributed by atoms with Crippen molar-refractivity contribution in [2.24, 2.45) is 10.9 Å². The van der Waals surface area contributed by atoms with Crippen LogP contribution in [0.15, 0.2) is 29.3 Å². The highest BCUT2D eigenvalue weighted by molar-refractivity contribution is 14.0. The molecular formula is C16H29IN4. The molecule has 0 saturated carbocycles. The van der Waals surface area contributed by atoms with Crippen molar-refractivity contribution in [2.45, 2.75) is 33.4 Å². The van der Waals surface area contributed by atoms with Gasteiger partial charge < -0.3 is 15.5 Å². The Morgan fingerprint density at radius 1 is 1.24 bits per heavy atom. The number of aliphatic imine (C=N–C) groups is 1. The number of hydrogen-bond donors (Lipinski definition) is 2. The number of guanidine groups is 1. The van der Waals surface area contributed by atoms with E-state index in [4.69, 9.17) is 0 Å². The molecular weight excluding hydrogens is 375 g/mol. The molecule has 0 aromatic heterocycles. The molecule has 0 aliphatic heterocycles. The predicted octanol–water partition coefficient (Wildman–Crippen LogP) is 3.08. The maximum absolute atomic E-state index is 4.27. The molecule has 1 aromatic rings. The summed E-state index contributed by atoms with van der Waals surface area (Å²) in [6, 6.07) is 8.90. The molecule has 0 spiro atoms. The Morgan fingerprint density at radius 2 is 1.90 bits per heavy atom. The van der Waals surface area contributed by atoms with Crippen LogP contribution in [0.25, 0.3) is 0 Å². The second-order valence-corrected chi connectivity index (χ2v) is 5.67. The van der Waals surface area contributed by atoms with Gasteiger partial charge in [0.05, 0.1) is 0 Å². The predicted molar refractivity (Wildman–Crippen MR) is 104 cm³/mol. The third-order valence-electron chi connectivity index (χ3n) is 3.47. The van der Waals surface area contributed by atoms with E-state index >= 15 is 0 Å². The molecule has 0 heterocycles. The third kappa shape index (κ3) is 7.02. The molecule has 0 aliphatic rings. The number of nitrogens with one attached hydrogen (secondary N) is 2. The molecule has 0 fully saturated rings. The van der Waals surface area contributed by atoms with Gasteiger partial charge in [-0.1, -0.05) is 26.0 Å². The second-order valence-electron chi connectivity index (χ2n) is 5.67. The fraction of sp³-hybridized carbons (Fsp3) is 0.562. The lowest BCUT2D eigenvalue weighted by Crippen LogP contribution is -2.43. The highest BCUT2D eigenvalue weighted by atomic mass is 127. The van der Waals surface area contributed by atoms with Crippen LogP contribution in [0.5, 0.6) is 0 Å². The standard InChI is InChI=1S/C16H28N4.HI/c1-12(2)13(3)19-16(17-4)18-11-14-8-7-9-15(10-14)20(5)6;/h7-10,12-13H,11H2,1-6H3,(H2,17,18,19);1H. The fourth-order valence-electron chi connectivity index (χ4n) is 1.71. The van der Waals surface area contributed by atoms with Gasteiger partial charge in [-0.05, 0) is 30.5 Å². The summed E-state index contributed by atoms with van der Waals surface area (Å²) in [4.78, 5) is 6.38. The SMILES string of the molecule is CN=C(NCc1cccc(N(C)C)c1)NC(C)C(C)C.I. The maximum atomic E-state index is 4.27. The molecule has 5 heteroatoms. The quantitative estimate of drug-likeness (QED) is 0.450. The molecule has 0 radical (unpaired) electrons. The van der Waals surface area contributed by atoms with Crippen LogP contribution >= 0.6 is 24.0 Å². The van der Waals surface area contributed by atoms with Gasteiger partial charge in [0.25, 0.3) is 0 Å². The number of anilines is 1. The number of nitrogens with zero attached hydrogens (tertiary/aromatic N) is 2. The topological polar surface area (TPSA) is 39.7 Å². The van der Waals surface area contributed by atoms with Gasteiger partial charge in [0, 0.05) is 39.4 Å². The zero-order valence-corrected chi connectivity index (χ0v) is 16.3. The average molecular weight is 404 g/mol. The molecule has 1 atom stereocenters. The van der Waals surface area contributed by atoms with Gasteiger partial charge in [0.15, 0.2) is 5.96 Å². The van der Waals surface area contributed by atoms with Crippen molar-refractivity contribution in [3.8, 4) is 0 Å². The molecule has 0 amide bonds. The zero-order valence-electron chi connectivity index (χ0n) is 14.0. The van der Waals surface area contributed by atoms with E-state index < -0.39 is 0 Å². The Bertz CT molecular complexity index is 444. The number of halogens is 1. The molecule has 1 aromatic carbocycles. The van der Waals surface area contributed by atoms with Crippen molar-refractivity contribution < 1.29 is 0 Å². The summed E-state index contributed by atoms with van der Waals surface area (Å²) in [6.45, 7) is 7.34. The number of rotatable bonds is 5. The number of benzene rings is 1. The molecule has 0 aliphatic carbocycles. The fourth-order valence-corrected chi connectivity index (χ4v) is 1.71. The summed E-state index contributed by atoms with van der Waals surface area (Å²) in [5.41, 5.74) is 2.46. The van der Waals surface area contributed by atoms with Crippen LogP contribution in [0.2, 0.25) is 0 Å². The van der Waals surface area contributed by atoms with Crippen molar-refractivity contribution >= 4 is 35.6 Å². The summed E-state index contributed by atoms with van der Waals surface area (Å²) in [5.74, 6) is 1.42. The first kappa shape index (κ1) is 20.0. The van der Waals surface area contributed by atoms with E-state index in [-0.39, 0.29) is 24.0 Å².